The minimum atomic E-state index is 0.00406. The van der Waals surface area contributed by atoms with E-state index in [1.807, 2.05) is 0 Å². The molecule has 0 unspecified atom stereocenters. The van der Waals surface area contributed by atoms with Crippen LogP contribution in [0, 0.1) is 5.92 Å². The number of thiol groups is 1. The van der Waals surface area contributed by atoms with E-state index in [4.69, 9.17) is 4.74 Å². The van der Waals surface area contributed by atoms with Gasteiger partial charge in [-0.25, -0.2) is 0 Å². The number of hydrogen-bond donors (Lipinski definition) is 1. The zero-order chi connectivity index (χ0) is 21.7. The molecule has 1 fully saturated rings. The number of allylic oxidation sites excluding steroid dienone is 2. The summed E-state index contributed by atoms with van der Waals surface area (Å²) in [4.78, 5) is 14.4. The van der Waals surface area contributed by atoms with Crippen molar-refractivity contribution < 1.29 is 9.53 Å². The van der Waals surface area contributed by atoms with Crippen molar-refractivity contribution in [2.24, 2.45) is 5.92 Å². The van der Waals surface area contributed by atoms with E-state index in [0.717, 1.165) is 37.5 Å². The molecule has 0 spiro atoms. The Labute approximate surface area is 192 Å². The molecule has 0 aromatic rings. The molecule has 3 nitrogen and oxygen atoms in total. The Morgan fingerprint density at radius 3 is 2.17 bits per heavy atom. The second-order valence-electron chi connectivity index (χ2n) is 9.00. The predicted molar refractivity (Wildman–Crippen MR) is 133 cm³/mol. The average Bonchev–Trinajstić information content (AvgIpc) is 2.75. The van der Waals surface area contributed by atoms with Gasteiger partial charge in [0.25, 0.3) is 0 Å². The highest BCUT2D eigenvalue weighted by molar-refractivity contribution is 7.80. The lowest BCUT2D eigenvalue weighted by Gasteiger charge is -2.31. The highest BCUT2D eigenvalue weighted by Gasteiger charge is 2.18. The maximum absolute atomic E-state index is 11.9. The van der Waals surface area contributed by atoms with E-state index in [1.165, 1.54) is 90.1 Å². The molecule has 1 aliphatic heterocycles. The van der Waals surface area contributed by atoms with Crippen LogP contribution in [-0.4, -0.2) is 42.9 Å². The van der Waals surface area contributed by atoms with Gasteiger partial charge in [0.2, 0.25) is 0 Å². The van der Waals surface area contributed by atoms with Crippen LogP contribution in [0.25, 0.3) is 0 Å². The molecule has 0 atom stereocenters. The molecule has 0 aromatic carbocycles. The monoisotopic (exact) mass is 439 g/mol. The summed E-state index contributed by atoms with van der Waals surface area (Å²) in [5.41, 5.74) is 0. The number of carbonyl (C=O) groups excluding carboxylic acids is 1. The fraction of sp³-hybridized carbons (Fsp3) is 0.885. The van der Waals surface area contributed by atoms with Gasteiger partial charge in [-0.1, -0.05) is 64.0 Å². The molecular formula is C26H49NO2S. The summed E-state index contributed by atoms with van der Waals surface area (Å²) in [7, 11) is 0. The summed E-state index contributed by atoms with van der Waals surface area (Å²) < 4.78 is 5.46. The topological polar surface area (TPSA) is 29.5 Å². The van der Waals surface area contributed by atoms with Gasteiger partial charge in [-0.3, -0.25) is 4.79 Å². The molecule has 0 saturated carbocycles. The van der Waals surface area contributed by atoms with Crippen LogP contribution in [-0.2, 0) is 9.53 Å². The van der Waals surface area contributed by atoms with Crippen molar-refractivity contribution in [2.45, 2.75) is 110 Å². The van der Waals surface area contributed by atoms with Crippen molar-refractivity contribution in [3.63, 3.8) is 0 Å². The molecule has 30 heavy (non-hydrogen) atoms. The normalized spacial score (nSPS) is 15.8. The number of unbranched alkanes of at least 4 members (excludes halogenated alkanes) is 10. The number of ether oxygens (including phenoxy) is 1. The van der Waals surface area contributed by atoms with Crippen molar-refractivity contribution in [3.05, 3.63) is 12.2 Å². The number of likely N-dealkylation sites (tertiary alicyclic amines) is 1. The molecule has 0 aromatic heterocycles. The number of piperidine rings is 1. The maximum atomic E-state index is 11.9. The molecular weight excluding hydrogens is 390 g/mol. The highest BCUT2D eigenvalue weighted by Crippen LogP contribution is 2.20. The van der Waals surface area contributed by atoms with E-state index in [0.29, 0.717) is 13.0 Å². The van der Waals surface area contributed by atoms with Gasteiger partial charge in [-0.15, -0.1) is 0 Å². The van der Waals surface area contributed by atoms with Gasteiger partial charge in [0.05, 0.1) is 6.61 Å². The molecule has 1 aliphatic rings. The van der Waals surface area contributed by atoms with Crippen molar-refractivity contribution in [1.82, 2.24) is 4.90 Å². The van der Waals surface area contributed by atoms with Crippen LogP contribution < -0.4 is 0 Å². The summed E-state index contributed by atoms with van der Waals surface area (Å²) in [5, 5.41) is 0. The van der Waals surface area contributed by atoms with E-state index in [2.05, 4.69) is 36.6 Å². The third kappa shape index (κ3) is 16.2. The van der Waals surface area contributed by atoms with Gasteiger partial charge in [0.1, 0.15) is 0 Å². The van der Waals surface area contributed by atoms with Crippen LogP contribution in [0.2, 0.25) is 0 Å². The summed E-state index contributed by atoms with van der Waals surface area (Å²) in [6.07, 6.45) is 24.1. The van der Waals surface area contributed by atoms with Crippen molar-refractivity contribution in [2.75, 3.05) is 32.0 Å². The van der Waals surface area contributed by atoms with Crippen LogP contribution in [0.3, 0.4) is 0 Å². The number of carbonyl (C=O) groups is 1. The Morgan fingerprint density at radius 1 is 0.933 bits per heavy atom. The summed E-state index contributed by atoms with van der Waals surface area (Å²) in [6, 6.07) is 0. The van der Waals surface area contributed by atoms with Gasteiger partial charge in [0, 0.05) is 18.7 Å². The molecule has 0 N–H and O–H groups in total. The lowest BCUT2D eigenvalue weighted by Crippen LogP contribution is -2.35. The predicted octanol–water partition coefficient (Wildman–Crippen LogP) is 7.21. The summed E-state index contributed by atoms with van der Waals surface area (Å²) >= 11 is 4.31. The van der Waals surface area contributed by atoms with Crippen LogP contribution in [0.5, 0.6) is 0 Å². The van der Waals surface area contributed by atoms with Crippen molar-refractivity contribution >= 4 is 18.6 Å². The zero-order valence-electron chi connectivity index (χ0n) is 19.8. The molecule has 1 heterocycles. The summed E-state index contributed by atoms with van der Waals surface area (Å²) in [6.45, 7) is 6.33. The SMILES string of the molecule is CCCCCCC/C=C\CCCCCCCC(=O)OCCC1CCN(CCS)CC1. The quantitative estimate of drug-likeness (QED) is 0.0998. The van der Waals surface area contributed by atoms with E-state index in [9.17, 15) is 4.79 Å². The molecule has 0 bridgehead atoms. The highest BCUT2D eigenvalue weighted by atomic mass is 32.1. The Hall–Kier alpha value is -0.480. The Balaban J connectivity index is 1.82. The van der Waals surface area contributed by atoms with Crippen molar-refractivity contribution in [3.8, 4) is 0 Å². The minimum Gasteiger partial charge on any atom is -0.466 e. The Morgan fingerprint density at radius 2 is 1.53 bits per heavy atom. The minimum absolute atomic E-state index is 0.00406. The van der Waals surface area contributed by atoms with Crippen LogP contribution in [0.4, 0.5) is 0 Å². The molecule has 1 saturated heterocycles. The van der Waals surface area contributed by atoms with Gasteiger partial charge >= 0.3 is 5.97 Å². The lowest BCUT2D eigenvalue weighted by molar-refractivity contribution is -0.144. The van der Waals surface area contributed by atoms with Gasteiger partial charge in [0.15, 0.2) is 0 Å². The zero-order valence-corrected chi connectivity index (χ0v) is 20.7. The molecule has 0 aliphatic carbocycles. The summed E-state index contributed by atoms with van der Waals surface area (Å²) in [5.74, 6) is 1.67. The van der Waals surface area contributed by atoms with Crippen molar-refractivity contribution in [1.29, 1.82) is 0 Å². The fourth-order valence-electron chi connectivity index (χ4n) is 4.22. The molecule has 176 valence electrons. The molecule has 0 radical (unpaired) electrons. The maximum Gasteiger partial charge on any atom is 0.305 e. The second-order valence-corrected chi connectivity index (χ2v) is 9.45. The lowest BCUT2D eigenvalue weighted by atomic mass is 9.94. The van der Waals surface area contributed by atoms with Crippen LogP contribution in [0.1, 0.15) is 110 Å². The number of rotatable bonds is 19. The van der Waals surface area contributed by atoms with E-state index in [1.54, 1.807) is 0 Å². The van der Waals surface area contributed by atoms with Gasteiger partial charge in [-0.05, 0) is 70.4 Å². The Bertz CT molecular complexity index is 419. The number of nitrogens with zero attached hydrogens (tertiary/aromatic N) is 1. The smallest absolute Gasteiger partial charge is 0.305 e. The van der Waals surface area contributed by atoms with E-state index < -0.39 is 0 Å². The average molecular weight is 440 g/mol. The third-order valence-electron chi connectivity index (χ3n) is 6.31. The van der Waals surface area contributed by atoms with Gasteiger partial charge in [-0.2, -0.15) is 12.6 Å². The number of esters is 1. The first-order chi connectivity index (χ1) is 14.8. The van der Waals surface area contributed by atoms with Gasteiger partial charge < -0.3 is 9.64 Å². The molecule has 4 heteroatoms. The molecule has 1 rings (SSSR count). The fourth-order valence-corrected chi connectivity index (χ4v) is 4.50. The first-order valence-electron chi connectivity index (χ1n) is 12.9. The van der Waals surface area contributed by atoms with E-state index >= 15 is 0 Å². The molecule has 0 amide bonds. The van der Waals surface area contributed by atoms with E-state index in [-0.39, 0.29) is 5.97 Å². The standard InChI is InChI=1S/C26H49NO2S/c1-2-3-4-5-6-7-8-9-10-11-12-13-14-15-16-26(28)29-23-19-25-17-20-27(21-18-25)22-24-30/h8-9,25,30H,2-7,10-24H2,1H3/b9-8-. The van der Waals surface area contributed by atoms with Crippen LogP contribution >= 0.6 is 12.6 Å². The number of hydrogen-bond acceptors (Lipinski definition) is 4. The Kier molecular flexibility index (Phi) is 18.8. The van der Waals surface area contributed by atoms with Crippen LogP contribution in [0.15, 0.2) is 12.2 Å². The first-order valence-corrected chi connectivity index (χ1v) is 13.5. The first kappa shape index (κ1) is 27.6. The third-order valence-corrected chi connectivity index (χ3v) is 6.51. The largest absolute Gasteiger partial charge is 0.466 e. The second kappa shape index (κ2) is 20.4.